The smallest absolute Gasteiger partial charge is 0.292 e. The van der Waals surface area contributed by atoms with Crippen molar-refractivity contribution in [3.63, 3.8) is 0 Å². The van der Waals surface area contributed by atoms with E-state index in [0.717, 1.165) is 30.5 Å². The number of rotatable bonds is 5. The van der Waals surface area contributed by atoms with Gasteiger partial charge in [0.05, 0.1) is 20.4 Å². The number of carbonyl (C=O) groups is 1. The SMILES string of the molecule is COc1cccc(C=NNC(=O)c2n[nH]c3c2CCC3)c1OC. The molecule has 7 heteroatoms. The second-order valence-electron chi connectivity index (χ2n) is 5.16. The van der Waals surface area contributed by atoms with Gasteiger partial charge in [-0.2, -0.15) is 10.2 Å². The van der Waals surface area contributed by atoms with Crippen molar-refractivity contribution >= 4 is 12.1 Å². The summed E-state index contributed by atoms with van der Waals surface area (Å²) in [6.45, 7) is 0. The maximum atomic E-state index is 12.2. The van der Waals surface area contributed by atoms with E-state index in [1.165, 1.54) is 6.21 Å². The first-order valence-corrected chi connectivity index (χ1v) is 7.35. The molecule has 0 fully saturated rings. The average Bonchev–Trinajstić information content (AvgIpc) is 3.17. The van der Waals surface area contributed by atoms with Gasteiger partial charge in [0.2, 0.25) is 0 Å². The molecule has 2 aromatic rings. The lowest BCUT2D eigenvalue weighted by Crippen LogP contribution is -2.19. The number of benzene rings is 1. The summed E-state index contributed by atoms with van der Waals surface area (Å²) in [6.07, 6.45) is 4.39. The summed E-state index contributed by atoms with van der Waals surface area (Å²) < 4.78 is 10.5. The van der Waals surface area contributed by atoms with Crippen molar-refractivity contribution < 1.29 is 14.3 Å². The highest BCUT2D eigenvalue weighted by Gasteiger charge is 2.22. The van der Waals surface area contributed by atoms with Crippen molar-refractivity contribution in [2.75, 3.05) is 14.2 Å². The summed E-state index contributed by atoms with van der Waals surface area (Å²) in [4.78, 5) is 12.2. The molecule has 0 atom stereocenters. The van der Waals surface area contributed by atoms with Crippen molar-refractivity contribution in [1.82, 2.24) is 15.6 Å². The molecule has 2 N–H and O–H groups in total. The maximum Gasteiger partial charge on any atom is 0.292 e. The van der Waals surface area contributed by atoms with Crippen molar-refractivity contribution in [1.29, 1.82) is 0 Å². The number of methoxy groups -OCH3 is 2. The van der Waals surface area contributed by atoms with Gasteiger partial charge in [-0.15, -0.1) is 0 Å². The fourth-order valence-corrected chi connectivity index (χ4v) is 2.73. The standard InChI is InChI=1S/C16H18N4O3/c1-22-13-8-3-5-10(15(13)23-2)9-17-20-16(21)14-11-6-4-7-12(11)18-19-14/h3,5,8-9H,4,6-7H2,1-2H3,(H,18,19)(H,20,21). The van der Waals surface area contributed by atoms with Crippen LogP contribution in [-0.4, -0.2) is 36.5 Å². The van der Waals surface area contributed by atoms with Gasteiger partial charge >= 0.3 is 0 Å². The summed E-state index contributed by atoms with van der Waals surface area (Å²) in [7, 11) is 3.12. The third kappa shape index (κ3) is 2.90. The van der Waals surface area contributed by atoms with Gasteiger partial charge in [0.15, 0.2) is 17.2 Å². The number of nitrogens with zero attached hydrogens (tertiary/aromatic N) is 2. The van der Waals surface area contributed by atoms with Gasteiger partial charge in [-0.05, 0) is 31.4 Å². The van der Waals surface area contributed by atoms with Crippen LogP contribution in [0, 0.1) is 0 Å². The number of H-pyrrole nitrogens is 1. The van der Waals surface area contributed by atoms with E-state index in [-0.39, 0.29) is 5.91 Å². The monoisotopic (exact) mass is 314 g/mol. The molecule has 0 saturated carbocycles. The van der Waals surface area contributed by atoms with Crippen LogP contribution in [0.4, 0.5) is 0 Å². The molecule has 1 heterocycles. The van der Waals surface area contributed by atoms with E-state index in [4.69, 9.17) is 9.47 Å². The Balaban J connectivity index is 1.73. The van der Waals surface area contributed by atoms with Crippen LogP contribution in [-0.2, 0) is 12.8 Å². The first-order chi connectivity index (χ1) is 11.2. The normalized spacial score (nSPS) is 13.1. The van der Waals surface area contributed by atoms with Crippen LogP contribution in [0.25, 0.3) is 0 Å². The zero-order chi connectivity index (χ0) is 16.2. The average molecular weight is 314 g/mol. The summed E-state index contributed by atoms with van der Waals surface area (Å²) in [5.41, 5.74) is 5.68. The van der Waals surface area contributed by atoms with E-state index >= 15 is 0 Å². The molecule has 3 rings (SSSR count). The van der Waals surface area contributed by atoms with Crippen LogP contribution in [0.3, 0.4) is 0 Å². The molecular weight excluding hydrogens is 296 g/mol. The van der Waals surface area contributed by atoms with E-state index in [9.17, 15) is 4.79 Å². The third-order valence-corrected chi connectivity index (χ3v) is 3.82. The molecule has 0 bridgehead atoms. The zero-order valence-corrected chi connectivity index (χ0v) is 13.0. The number of aryl methyl sites for hydroxylation is 1. The first kappa shape index (κ1) is 15.1. The van der Waals surface area contributed by atoms with E-state index in [0.29, 0.717) is 22.8 Å². The van der Waals surface area contributed by atoms with E-state index in [1.807, 2.05) is 12.1 Å². The van der Waals surface area contributed by atoms with E-state index in [2.05, 4.69) is 20.7 Å². The Bertz CT molecular complexity index is 752. The highest BCUT2D eigenvalue weighted by atomic mass is 16.5. The predicted octanol–water partition coefficient (Wildman–Crippen LogP) is 1.68. The predicted molar refractivity (Wildman–Crippen MR) is 85.2 cm³/mol. The number of hydrogen-bond donors (Lipinski definition) is 2. The molecule has 1 amide bonds. The number of ether oxygens (including phenoxy) is 2. The minimum Gasteiger partial charge on any atom is -0.493 e. The quantitative estimate of drug-likeness (QED) is 0.649. The van der Waals surface area contributed by atoms with Gasteiger partial charge < -0.3 is 9.47 Å². The summed E-state index contributed by atoms with van der Waals surface area (Å²) in [6, 6.07) is 5.44. The second kappa shape index (κ2) is 6.51. The number of hydrogen-bond acceptors (Lipinski definition) is 5. The molecule has 0 saturated heterocycles. The Labute approximate surface area is 133 Å². The van der Waals surface area contributed by atoms with Gasteiger partial charge in [0, 0.05) is 16.8 Å². The third-order valence-electron chi connectivity index (χ3n) is 3.82. The van der Waals surface area contributed by atoms with Crippen LogP contribution in [0.15, 0.2) is 23.3 Å². The highest BCUT2D eigenvalue weighted by molar-refractivity contribution is 5.95. The summed E-state index contributed by atoms with van der Waals surface area (Å²) in [5, 5.41) is 11.0. The Morgan fingerprint density at radius 3 is 3.00 bits per heavy atom. The highest BCUT2D eigenvalue weighted by Crippen LogP contribution is 2.29. The fraction of sp³-hybridized carbons (Fsp3) is 0.312. The number of amides is 1. The minimum atomic E-state index is -0.317. The van der Waals surface area contributed by atoms with Crippen LogP contribution in [0.2, 0.25) is 0 Å². The summed E-state index contributed by atoms with van der Waals surface area (Å²) in [5.74, 6) is 0.851. The van der Waals surface area contributed by atoms with Crippen LogP contribution in [0.1, 0.15) is 33.7 Å². The molecule has 0 spiro atoms. The number of hydrazone groups is 1. The molecule has 23 heavy (non-hydrogen) atoms. The fourth-order valence-electron chi connectivity index (χ4n) is 2.73. The molecule has 120 valence electrons. The molecule has 1 aliphatic rings. The second-order valence-corrected chi connectivity index (χ2v) is 5.16. The molecule has 1 aromatic heterocycles. The van der Waals surface area contributed by atoms with Gasteiger partial charge in [0.25, 0.3) is 5.91 Å². The number of nitrogens with one attached hydrogen (secondary N) is 2. The van der Waals surface area contributed by atoms with Gasteiger partial charge in [0.1, 0.15) is 0 Å². The Morgan fingerprint density at radius 1 is 1.35 bits per heavy atom. The molecule has 1 aliphatic carbocycles. The van der Waals surface area contributed by atoms with Crippen molar-refractivity contribution in [2.45, 2.75) is 19.3 Å². The number of para-hydroxylation sites is 1. The Hall–Kier alpha value is -2.83. The van der Waals surface area contributed by atoms with E-state index < -0.39 is 0 Å². The largest absolute Gasteiger partial charge is 0.493 e. The van der Waals surface area contributed by atoms with Crippen molar-refractivity contribution in [2.24, 2.45) is 5.10 Å². The van der Waals surface area contributed by atoms with Crippen LogP contribution < -0.4 is 14.9 Å². The molecule has 0 aliphatic heterocycles. The molecule has 0 radical (unpaired) electrons. The van der Waals surface area contributed by atoms with E-state index in [1.54, 1.807) is 20.3 Å². The Morgan fingerprint density at radius 2 is 2.22 bits per heavy atom. The lowest BCUT2D eigenvalue weighted by molar-refractivity contribution is 0.0949. The zero-order valence-electron chi connectivity index (χ0n) is 13.0. The molecular formula is C16H18N4O3. The van der Waals surface area contributed by atoms with Crippen LogP contribution in [0.5, 0.6) is 11.5 Å². The topological polar surface area (TPSA) is 88.6 Å². The van der Waals surface area contributed by atoms with Gasteiger partial charge in [-0.3, -0.25) is 9.89 Å². The maximum absolute atomic E-state index is 12.2. The molecule has 7 nitrogen and oxygen atoms in total. The van der Waals surface area contributed by atoms with Crippen molar-refractivity contribution in [3.05, 3.63) is 40.7 Å². The Kier molecular flexibility index (Phi) is 4.27. The van der Waals surface area contributed by atoms with Crippen molar-refractivity contribution in [3.8, 4) is 11.5 Å². The number of carbonyl (C=O) groups excluding carboxylic acids is 1. The lowest BCUT2D eigenvalue weighted by atomic mass is 10.2. The number of fused-ring (bicyclic) bond motifs is 1. The summed E-state index contributed by atoms with van der Waals surface area (Å²) >= 11 is 0. The van der Waals surface area contributed by atoms with Gasteiger partial charge in [-0.25, -0.2) is 5.43 Å². The van der Waals surface area contributed by atoms with Gasteiger partial charge in [-0.1, -0.05) is 6.07 Å². The lowest BCUT2D eigenvalue weighted by Gasteiger charge is -2.09. The first-order valence-electron chi connectivity index (χ1n) is 7.35. The molecule has 1 aromatic carbocycles. The molecule has 0 unspecified atom stereocenters. The van der Waals surface area contributed by atoms with Crippen LogP contribution >= 0.6 is 0 Å². The number of aromatic amines is 1. The number of aromatic nitrogens is 2. The minimum absolute atomic E-state index is 0.317.